The summed E-state index contributed by atoms with van der Waals surface area (Å²) in [6.45, 7) is 0. The highest BCUT2D eigenvalue weighted by molar-refractivity contribution is 7.91. The van der Waals surface area contributed by atoms with Gasteiger partial charge in [-0.25, -0.2) is 13.4 Å². The van der Waals surface area contributed by atoms with Gasteiger partial charge in [0, 0.05) is 0 Å². The van der Waals surface area contributed by atoms with Crippen molar-refractivity contribution >= 4 is 15.7 Å². The van der Waals surface area contributed by atoms with Crippen LogP contribution in [-0.4, -0.2) is 13.4 Å². The maximum absolute atomic E-state index is 11.9. The number of sulfone groups is 1. The lowest BCUT2D eigenvalue weighted by atomic mass is 10.4. The van der Waals surface area contributed by atoms with Crippen molar-refractivity contribution in [3.8, 4) is 0 Å². The molecule has 0 radical (unpaired) electrons. The number of hydrogen-bond acceptors (Lipinski definition) is 5. The fraction of sp³-hybridized carbons (Fsp3) is 0. The smallest absolute Gasteiger partial charge is 0.230 e. The Morgan fingerprint density at radius 1 is 1.20 bits per heavy atom. The fourth-order valence-corrected chi connectivity index (χ4v) is 2.39. The van der Waals surface area contributed by atoms with Crippen molar-refractivity contribution in [3.05, 3.63) is 36.7 Å². The molecule has 0 spiro atoms. The highest BCUT2D eigenvalue weighted by Gasteiger charge is 2.23. The van der Waals surface area contributed by atoms with E-state index >= 15 is 0 Å². The zero-order chi connectivity index (χ0) is 10.9. The number of rotatable bonds is 2. The second-order valence-electron chi connectivity index (χ2n) is 2.84. The molecule has 0 saturated carbocycles. The van der Waals surface area contributed by atoms with Crippen LogP contribution in [0.2, 0.25) is 0 Å². The average molecular weight is 224 g/mol. The normalized spacial score (nSPS) is 11.5. The number of benzene rings is 1. The minimum atomic E-state index is -3.66. The summed E-state index contributed by atoms with van der Waals surface area (Å²) in [5, 5.41) is -0.242. The molecule has 2 N–H and O–H groups in total. The molecule has 6 heteroatoms. The molecule has 0 aliphatic heterocycles. The molecule has 5 nitrogen and oxygen atoms in total. The zero-order valence-electron chi connectivity index (χ0n) is 7.62. The summed E-state index contributed by atoms with van der Waals surface area (Å²) in [6.07, 6.45) is 1.01. The minimum Gasteiger partial charge on any atom is -0.427 e. The summed E-state index contributed by atoms with van der Waals surface area (Å²) in [5.74, 6) is -0.196. The van der Waals surface area contributed by atoms with E-state index in [1.807, 2.05) is 0 Å². The van der Waals surface area contributed by atoms with Gasteiger partial charge < -0.3 is 10.2 Å². The first-order valence-electron chi connectivity index (χ1n) is 4.11. The summed E-state index contributed by atoms with van der Waals surface area (Å²) in [4.78, 5) is 3.73. The second-order valence-corrected chi connectivity index (χ2v) is 4.70. The number of hydrogen-bond donors (Lipinski definition) is 1. The van der Waals surface area contributed by atoms with Crippen molar-refractivity contribution in [1.82, 2.24) is 4.98 Å². The fourth-order valence-electron chi connectivity index (χ4n) is 1.16. The van der Waals surface area contributed by atoms with Crippen LogP contribution >= 0.6 is 0 Å². The molecule has 2 rings (SSSR count). The number of oxazole rings is 1. The van der Waals surface area contributed by atoms with E-state index in [1.165, 1.54) is 12.1 Å². The molecule has 0 atom stereocenters. The number of nitrogen functional groups attached to an aromatic ring is 1. The van der Waals surface area contributed by atoms with E-state index in [0.29, 0.717) is 0 Å². The molecule has 0 aliphatic carbocycles. The molecule has 78 valence electrons. The molecule has 2 aromatic rings. The Kier molecular flexibility index (Phi) is 2.20. The van der Waals surface area contributed by atoms with Crippen molar-refractivity contribution in [2.24, 2.45) is 0 Å². The molecule has 0 fully saturated rings. The van der Waals surface area contributed by atoms with E-state index in [0.717, 1.165) is 6.39 Å². The summed E-state index contributed by atoms with van der Waals surface area (Å²) in [7, 11) is -3.66. The first-order chi connectivity index (χ1) is 7.12. The summed E-state index contributed by atoms with van der Waals surface area (Å²) < 4.78 is 28.5. The van der Waals surface area contributed by atoms with Crippen LogP contribution in [0.3, 0.4) is 0 Å². The third-order valence-electron chi connectivity index (χ3n) is 1.87. The molecular formula is C9H8N2O3S. The Balaban J connectivity index is 2.60. The van der Waals surface area contributed by atoms with E-state index in [4.69, 9.17) is 5.73 Å². The lowest BCUT2D eigenvalue weighted by molar-refractivity contribution is 0.572. The Hall–Kier alpha value is -1.82. The SMILES string of the molecule is Nc1ocnc1S(=O)(=O)c1ccccc1. The van der Waals surface area contributed by atoms with E-state index in [9.17, 15) is 8.42 Å². The van der Waals surface area contributed by atoms with Gasteiger partial charge in [0.15, 0.2) is 6.39 Å². The van der Waals surface area contributed by atoms with Crippen molar-refractivity contribution in [2.75, 3.05) is 5.73 Å². The molecular weight excluding hydrogens is 216 g/mol. The van der Waals surface area contributed by atoms with Gasteiger partial charge in [0.2, 0.25) is 20.7 Å². The van der Waals surface area contributed by atoms with Gasteiger partial charge in [0.25, 0.3) is 0 Å². The lowest BCUT2D eigenvalue weighted by Gasteiger charge is -2.00. The Bertz CT molecular complexity index is 560. The van der Waals surface area contributed by atoms with Crippen molar-refractivity contribution in [1.29, 1.82) is 0 Å². The topological polar surface area (TPSA) is 86.2 Å². The first kappa shape index (κ1) is 9.72. The van der Waals surface area contributed by atoms with E-state index < -0.39 is 9.84 Å². The number of anilines is 1. The predicted molar refractivity (Wildman–Crippen MR) is 52.8 cm³/mol. The van der Waals surface area contributed by atoms with Crippen LogP contribution in [0.1, 0.15) is 0 Å². The monoisotopic (exact) mass is 224 g/mol. The summed E-state index contributed by atoms with van der Waals surface area (Å²) in [5.41, 5.74) is 5.36. The molecule has 0 bridgehead atoms. The molecule has 1 heterocycles. The molecule has 15 heavy (non-hydrogen) atoms. The maximum Gasteiger partial charge on any atom is 0.230 e. The first-order valence-corrected chi connectivity index (χ1v) is 5.60. The van der Waals surface area contributed by atoms with Crippen LogP contribution < -0.4 is 5.73 Å². The average Bonchev–Trinajstić information content (AvgIpc) is 2.66. The predicted octanol–water partition coefficient (Wildman–Crippen LogP) is 1.09. The van der Waals surface area contributed by atoms with Crippen molar-refractivity contribution in [2.45, 2.75) is 9.92 Å². The highest BCUT2D eigenvalue weighted by atomic mass is 32.2. The molecule has 0 saturated heterocycles. The van der Waals surface area contributed by atoms with E-state index in [1.54, 1.807) is 18.2 Å². The van der Waals surface area contributed by atoms with Gasteiger partial charge in [0.1, 0.15) is 0 Å². The molecule has 1 aromatic heterocycles. The summed E-state index contributed by atoms with van der Waals surface area (Å²) >= 11 is 0. The molecule has 1 aromatic carbocycles. The van der Waals surface area contributed by atoms with Gasteiger partial charge in [-0.2, -0.15) is 0 Å². The van der Waals surface area contributed by atoms with Crippen LogP contribution in [0.5, 0.6) is 0 Å². The van der Waals surface area contributed by atoms with Crippen LogP contribution in [0.25, 0.3) is 0 Å². The van der Waals surface area contributed by atoms with Crippen LogP contribution in [-0.2, 0) is 9.84 Å². The van der Waals surface area contributed by atoms with Crippen molar-refractivity contribution in [3.63, 3.8) is 0 Å². The van der Waals surface area contributed by atoms with Gasteiger partial charge in [0.05, 0.1) is 4.90 Å². The van der Waals surface area contributed by atoms with Gasteiger partial charge in [-0.1, -0.05) is 18.2 Å². The summed E-state index contributed by atoms with van der Waals surface area (Å²) in [6, 6.07) is 7.93. The van der Waals surface area contributed by atoms with E-state index in [-0.39, 0.29) is 15.8 Å². The van der Waals surface area contributed by atoms with Gasteiger partial charge in [-0.3, -0.25) is 0 Å². The third-order valence-corrected chi connectivity index (χ3v) is 3.58. The Morgan fingerprint density at radius 3 is 2.40 bits per heavy atom. The van der Waals surface area contributed by atoms with Crippen LogP contribution in [0, 0.1) is 0 Å². The second kappa shape index (κ2) is 3.39. The third kappa shape index (κ3) is 1.59. The highest BCUT2D eigenvalue weighted by Crippen LogP contribution is 2.23. The molecule has 0 amide bonds. The zero-order valence-corrected chi connectivity index (χ0v) is 8.44. The van der Waals surface area contributed by atoms with Gasteiger partial charge >= 0.3 is 0 Å². The van der Waals surface area contributed by atoms with Gasteiger partial charge in [-0.15, -0.1) is 0 Å². The van der Waals surface area contributed by atoms with Crippen LogP contribution in [0.15, 0.2) is 51.1 Å². The Morgan fingerprint density at radius 2 is 1.87 bits per heavy atom. The standard InChI is InChI=1S/C9H8N2O3S/c10-8-9(11-6-14-8)15(12,13)7-4-2-1-3-5-7/h1-6H,10H2. The molecule has 0 aliphatic rings. The van der Waals surface area contributed by atoms with Crippen LogP contribution in [0.4, 0.5) is 5.88 Å². The van der Waals surface area contributed by atoms with Crippen molar-refractivity contribution < 1.29 is 12.8 Å². The van der Waals surface area contributed by atoms with Gasteiger partial charge in [-0.05, 0) is 12.1 Å². The maximum atomic E-state index is 11.9. The molecule has 0 unspecified atom stereocenters. The quantitative estimate of drug-likeness (QED) is 0.825. The largest absolute Gasteiger partial charge is 0.427 e. The number of nitrogens with two attached hydrogens (primary N) is 1. The Labute approximate surface area is 86.5 Å². The number of aromatic nitrogens is 1. The minimum absolute atomic E-state index is 0.144. The number of nitrogens with zero attached hydrogens (tertiary/aromatic N) is 1. The lowest BCUT2D eigenvalue weighted by Crippen LogP contribution is -2.04. The van der Waals surface area contributed by atoms with E-state index in [2.05, 4.69) is 9.40 Å².